The Kier molecular flexibility index (Phi) is 9.84. The van der Waals surface area contributed by atoms with E-state index >= 15 is 0 Å². The zero-order chi connectivity index (χ0) is 33.7. The minimum Gasteiger partial charge on any atom is -0.367 e. The normalized spacial score (nSPS) is 18.5. The molecular formula is C38H41N7O3. The maximum atomic E-state index is 13.7. The smallest absolute Gasteiger partial charge is 0.258 e. The van der Waals surface area contributed by atoms with E-state index in [1.807, 2.05) is 66.1 Å². The zero-order valence-corrected chi connectivity index (χ0v) is 27.9. The van der Waals surface area contributed by atoms with Gasteiger partial charge in [0.25, 0.3) is 5.91 Å². The number of nitrogens with one attached hydrogen (secondary N) is 1. The average Bonchev–Trinajstić information content (AvgIpc) is 3.54. The van der Waals surface area contributed by atoms with Crippen LogP contribution >= 0.6 is 0 Å². The van der Waals surface area contributed by atoms with Gasteiger partial charge in [-0.2, -0.15) is 0 Å². The number of ether oxygens (including phenoxy) is 1. The average molecular weight is 644 g/mol. The molecule has 0 radical (unpaired) electrons. The second-order valence-corrected chi connectivity index (χ2v) is 12.4. The van der Waals surface area contributed by atoms with Crippen LogP contribution in [0, 0.1) is 13.8 Å². The van der Waals surface area contributed by atoms with Crippen molar-refractivity contribution in [1.29, 1.82) is 0 Å². The molecule has 2 aliphatic rings. The molecule has 4 aromatic rings. The molecule has 0 saturated carbocycles. The molecule has 1 saturated heterocycles. The molecule has 10 nitrogen and oxygen atoms in total. The van der Waals surface area contributed by atoms with E-state index in [2.05, 4.69) is 43.5 Å². The molecule has 2 aromatic carbocycles. The number of amides is 2. The summed E-state index contributed by atoms with van der Waals surface area (Å²) >= 11 is 0. The molecule has 2 aliphatic heterocycles. The topological polar surface area (TPSA) is 113 Å². The van der Waals surface area contributed by atoms with Crippen LogP contribution in [0.3, 0.4) is 0 Å². The molecule has 0 spiro atoms. The Morgan fingerprint density at radius 3 is 2.42 bits per heavy atom. The summed E-state index contributed by atoms with van der Waals surface area (Å²) in [6.07, 6.45) is 8.66. The molecule has 2 amide bonds. The van der Waals surface area contributed by atoms with Crippen LogP contribution in [0.5, 0.6) is 0 Å². The fourth-order valence-corrected chi connectivity index (χ4v) is 6.47. The van der Waals surface area contributed by atoms with Crippen molar-refractivity contribution in [1.82, 2.24) is 24.8 Å². The van der Waals surface area contributed by atoms with Crippen molar-refractivity contribution in [3.63, 3.8) is 0 Å². The van der Waals surface area contributed by atoms with Gasteiger partial charge in [0.05, 0.1) is 12.3 Å². The maximum Gasteiger partial charge on any atom is 0.258 e. The van der Waals surface area contributed by atoms with E-state index in [0.717, 1.165) is 45.6 Å². The van der Waals surface area contributed by atoms with E-state index in [0.29, 0.717) is 44.1 Å². The SMILES string of the molecule is CN=C(c1ccnc(C)c1)c1cc(NC(=O)[C@]2(OC)CCN(CC(=O)N3CC=C(c4ccc(-c5ncccn5)cc4)CC3)C2)ccc1C. The molecule has 6 rings (SSSR count). The first-order valence-corrected chi connectivity index (χ1v) is 16.2. The van der Waals surface area contributed by atoms with Crippen molar-refractivity contribution in [3.8, 4) is 11.4 Å². The summed E-state index contributed by atoms with van der Waals surface area (Å²) in [5.41, 5.74) is 7.63. The van der Waals surface area contributed by atoms with Gasteiger partial charge in [-0.3, -0.25) is 24.5 Å². The van der Waals surface area contributed by atoms with Gasteiger partial charge in [-0.05, 0) is 73.7 Å². The Balaban J connectivity index is 1.06. The number of benzene rings is 2. The van der Waals surface area contributed by atoms with Crippen molar-refractivity contribution in [2.24, 2.45) is 4.99 Å². The number of anilines is 1. The number of methoxy groups -OCH3 is 1. The molecule has 0 bridgehead atoms. The molecule has 1 N–H and O–H groups in total. The standard InChI is InChI=1S/C38H41N7O3/c1-26-6-11-32(23-33(26)35(39-3)31-12-18-40-27(2)22-31)43-37(47)38(48-4)15-21-44(25-38)24-34(46)45-19-13-29(14-20-45)28-7-9-30(10-8-28)36-41-16-5-17-42-36/h5-13,16-18,22-23H,14-15,19-21,24-25H2,1-4H3,(H,43,47)/t38-/m0/s1. The molecule has 2 aromatic heterocycles. The minimum atomic E-state index is -1.05. The highest BCUT2D eigenvalue weighted by Crippen LogP contribution is 2.29. The van der Waals surface area contributed by atoms with Crippen molar-refractivity contribution in [2.45, 2.75) is 32.3 Å². The molecule has 1 atom stereocenters. The predicted octanol–water partition coefficient (Wildman–Crippen LogP) is 4.97. The Labute approximate surface area is 281 Å². The molecule has 4 heterocycles. The van der Waals surface area contributed by atoms with E-state index in [1.165, 1.54) is 5.57 Å². The summed E-state index contributed by atoms with van der Waals surface area (Å²) in [5, 5.41) is 3.09. The number of rotatable bonds is 9. The lowest BCUT2D eigenvalue weighted by atomic mass is 9.97. The number of pyridine rings is 1. The fourth-order valence-electron chi connectivity index (χ4n) is 6.47. The highest BCUT2D eigenvalue weighted by molar-refractivity contribution is 6.14. The first kappa shape index (κ1) is 32.9. The largest absolute Gasteiger partial charge is 0.367 e. The van der Waals surface area contributed by atoms with Gasteiger partial charge in [-0.25, -0.2) is 9.97 Å². The lowest BCUT2D eigenvalue weighted by Gasteiger charge is -2.30. The molecule has 48 heavy (non-hydrogen) atoms. The van der Waals surface area contributed by atoms with Crippen LogP contribution in [0.2, 0.25) is 0 Å². The number of hydrogen-bond donors (Lipinski definition) is 1. The van der Waals surface area contributed by atoms with Crippen LogP contribution in [0.1, 0.15) is 40.8 Å². The molecule has 246 valence electrons. The molecular weight excluding hydrogens is 602 g/mol. The molecule has 1 fully saturated rings. The van der Waals surface area contributed by atoms with Crippen LogP contribution in [0.4, 0.5) is 5.69 Å². The second-order valence-electron chi connectivity index (χ2n) is 12.4. The van der Waals surface area contributed by atoms with Crippen LogP contribution < -0.4 is 5.32 Å². The van der Waals surface area contributed by atoms with Gasteiger partial charge < -0.3 is 15.0 Å². The van der Waals surface area contributed by atoms with Crippen LogP contribution in [0.25, 0.3) is 17.0 Å². The van der Waals surface area contributed by atoms with Crippen molar-refractivity contribution in [3.05, 3.63) is 113 Å². The summed E-state index contributed by atoms with van der Waals surface area (Å²) in [5.74, 6) is 0.530. The summed E-state index contributed by atoms with van der Waals surface area (Å²) in [6, 6.07) is 19.8. The number of likely N-dealkylation sites (tertiary alicyclic amines) is 1. The first-order valence-electron chi connectivity index (χ1n) is 16.2. The monoisotopic (exact) mass is 643 g/mol. The van der Waals surface area contributed by atoms with Gasteiger partial charge in [0.2, 0.25) is 5.91 Å². The Hall–Kier alpha value is -5.06. The third-order valence-electron chi connectivity index (χ3n) is 9.26. The van der Waals surface area contributed by atoms with Gasteiger partial charge in [-0.1, -0.05) is 36.4 Å². The van der Waals surface area contributed by atoms with Crippen LogP contribution in [0.15, 0.2) is 90.3 Å². The second kappa shape index (κ2) is 14.4. The molecule has 0 unspecified atom stereocenters. The van der Waals surface area contributed by atoms with Crippen LogP contribution in [-0.2, 0) is 14.3 Å². The van der Waals surface area contributed by atoms with Crippen molar-refractivity contribution < 1.29 is 14.3 Å². The van der Waals surface area contributed by atoms with Crippen molar-refractivity contribution >= 4 is 28.8 Å². The summed E-state index contributed by atoms with van der Waals surface area (Å²) < 4.78 is 5.87. The quantitative estimate of drug-likeness (QED) is 0.257. The Bertz CT molecular complexity index is 1860. The number of carbonyl (C=O) groups excluding carboxylic acids is 2. The van der Waals surface area contributed by atoms with E-state index in [9.17, 15) is 9.59 Å². The molecule has 0 aliphatic carbocycles. The van der Waals surface area contributed by atoms with E-state index in [4.69, 9.17) is 4.74 Å². The lowest BCUT2D eigenvalue weighted by Crippen LogP contribution is -2.48. The maximum absolute atomic E-state index is 13.7. The Morgan fingerprint density at radius 2 is 1.73 bits per heavy atom. The predicted molar refractivity (Wildman–Crippen MR) is 188 cm³/mol. The zero-order valence-electron chi connectivity index (χ0n) is 27.9. The number of aryl methyl sites for hydroxylation is 2. The summed E-state index contributed by atoms with van der Waals surface area (Å²) in [4.78, 5) is 48.5. The van der Waals surface area contributed by atoms with Gasteiger partial charge in [0.1, 0.15) is 0 Å². The highest BCUT2D eigenvalue weighted by Gasteiger charge is 2.45. The summed E-state index contributed by atoms with van der Waals surface area (Å²) in [6.45, 7) is 6.35. The third-order valence-corrected chi connectivity index (χ3v) is 9.26. The minimum absolute atomic E-state index is 0.0510. The van der Waals surface area contributed by atoms with Crippen molar-refractivity contribution in [2.75, 3.05) is 52.2 Å². The number of aromatic nitrogens is 3. The van der Waals surface area contributed by atoms with E-state index in [-0.39, 0.29) is 18.4 Å². The highest BCUT2D eigenvalue weighted by atomic mass is 16.5. The third kappa shape index (κ3) is 7.10. The number of carbonyl (C=O) groups is 2. The van der Waals surface area contributed by atoms with Gasteiger partial charge in [-0.15, -0.1) is 0 Å². The fraction of sp³-hybridized carbons (Fsp3) is 0.316. The van der Waals surface area contributed by atoms with Gasteiger partial charge in [0, 0.05) is 87.0 Å². The Morgan fingerprint density at radius 1 is 0.958 bits per heavy atom. The summed E-state index contributed by atoms with van der Waals surface area (Å²) in [7, 11) is 3.33. The van der Waals surface area contributed by atoms with Crippen LogP contribution in [-0.4, -0.2) is 94.8 Å². The van der Waals surface area contributed by atoms with Gasteiger partial charge in [0.15, 0.2) is 11.4 Å². The number of hydrogen-bond acceptors (Lipinski definition) is 8. The first-order chi connectivity index (χ1) is 23.3. The molecule has 10 heteroatoms. The van der Waals surface area contributed by atoms with E-state index in [1.54, 1.807) is 38.8 Å². The van der Waals surface area contributed by atoms with E-state index < -0.39 is 5.60 Å². The lowest BCUT2D eigenvalue weighted by molar-refractivity contribution is -0.138. The number of aliphatic imine (C=N–C) groups is 1. The van der Waals surface area contributed by atoms with Gasteiger partial charge >= 0.3 is 0 Å². The number of nitrogens with zero attached hydrogens (tertiary/aromatic N) is 6.